The molecular weight excluding hydrogens is 264 g/mol. The topological polar surface area (TPSA) is 97.0 Å². The van der Waals surface area contributed by atoms with E-state index in [9.17, 15) is 5.11 Å². The van der Waals surface area contributed by atoms with E-state index in [1.54, 1.807) is 24.3 Å². The molecule has 5 N–H and O–H groups in total. The van der Waals surface area contributed by atoms with E-state index in [0.29, 0.717) is 11.3 Å². The maximum absolute atomic E-state index is 9.56. The molecule has 0 saturated carbocycles. The summed E-state index contributed by atoms with van der Waals surface area (Å²) in [4.78, 5) is 0. The summed E-state index contributed by atoms with van der Waals surface area (Å²) in [6, 6.07) is 16.5. The van der Waals surface area contributed by atoms with Crippen LogP contribution in [0.5, 0.6) is 5.75 Å². The highest BCUT2D eigenvalue weighted by molar-refractivity contribution is 6.11. The molecule has 0 fully saturated rings. The van der Waals surface area contributed by atoms with E-state index in [-0.39, 0.29) is 11.7 Å². The van der Waals surface area contributed by atoms with Crippen molar-refractivity contribution < 1.29 is 5.11 Å². The Balaban J connectivity index is 2.36. The molecule has 0 radical (unpaired) electrons. The van der Waals surface area contributed by atoms with Crippen molar-refractivity contribution in [3.8, 4) is 5.75 Å². The third kappa shape index (κ3) is 4.50. The van der Waals surface area contributed by atoms with Gasteiger partial charge in [-0.25, -0.2) is 0 Å². The highest BCUT2D eigenvalue weighted by Gasteiger charge is 2.01. The highest BCUT2D eigenvalue weighted by Crippen LogP contribution is 2.13. The summed E-state index contributed by atoms with van der Waals surface area (Å²) in [5.74, 6) is 0.0266. The monoisotopic (exact) mass is 280 g/mol. The van der Waals surface area contributed by atoms with Gasteiger partial charge in [0.15, 0.2) is 0 Å². The van der Waals surface area contributed by atoms with Crippen molar-refractivity contribution in [1.82, 2.24) is 0 Å². The summed E-state index contributed by atoms with van der Waals surface area (Å²) in [6.45, 7) is 0. The van der Waals surface area contributed by atoms with Crippen molar-refractivity contribution in [1.29, 1.82) is 0 Å². The van der Waals surface area contributed by atoms with Crippen LogP contribution in [0.1, 0.15) is 11.1 Å². The summed E-state index contributed by atoms with van der Waals surface area (Å²) >= 11 is 0. The minimum Gasteiger partial charge on any atom is -0.508 e. The Morgan fingerprint density at radius 2 is 1.71 bits per heavy atom. The second-order valence-electron chi connectivity index (χ2n) is 4.30. The van der Waals surface area contributed by atoms with E-state index in [1.165, 1.54) is 0 Å². The lowest BCUT2D eigenvalue weighted by molar-refractivity contribution is 0.475. The Morgan fingerprint density at radius 1 is 0.952 bits per heavy atom. The zero-order chi connectivity index (χ0) is 15.1. The molecule has 106 valence electrons. The van der Waals surface area contributed by atoms with Gasteiger partial charge in [-0.1, -0.05) is 48.5 Å². The number of nitrogens with two attached hydrogens (primary N) is 2. The number of phenolic OH excluding ortho intramolecular Hbond substituents is 1. The van der Waals surface area contributed by atoms with Gasteiger partial charge in [0.1, 0.15) is 5.75 Å². The molecule has 2 aromatic rings. The van der Waals surface area contributed by atoms with Gasteiger partial charge < -0.3 is 16.6 Å². The fraction of sp³-hybridized carbons (Fsp3) is 0. The summed E-state index contributed by atoms with van der Waals surface area (Å²) in [5, 5.41) is 17.2. The first-order chi connectivity index (χ1) is 10.1. The van der Waals surface area contributed by atoms with Gasteiger partial charge in [0.05, 0.1) is 5.71 Å². The molecule has 0 amide bonds. The summed E-state index contributed by atoms with van der Waals surface area (Å²) in [6.07, 6.45) is 3.68. The SMILES string of the molecule is NC(N)=N/N=C(/C=C/c1ccccc1)c1cccc(O)c1. The molecule has 21 heavy (non-hydrogen) atoms. The summed E-state index contributed by atoms with van der Waals surface area (Å²) < 4.78 is 0. The quantitative estimate of drug-likeness (QED) is 0.454. The van der Waals surface area contributed by atoms with Crippen LogP contribution in [0.15, 0.2) is 70.9 Å². The standard InChI is InChI=1S/C16H16N4O/c17-16(18)20-19-15(13-7-4-8-14(21)11-13)10-9-12-5-2-1-3-6-12/h1-11,21H,(H4,17,18,20)/b10-9+,19-15-. The van der Waals surface area contributed by atoms with Crippen molar-refractivity contribution in [3.05, 3.63) is 71.8 Å². The van der Waals surface area contributed by atoms with Crippen LogP contribution >= 0.6 is 0 Å². The van der Waals surface area contributed by atoms with E-state index >= 15 is 0 Å². The molecule has 0 aliphatic carbocycles. The first-order valence-corrected chi connectivity index (χ1v) is 6.34. The van der Waals surface area contributed by atoms with Crippen LogP contribution in [0, 0.1) is 0 Å². The van der Waals surface area contributed by atoms with Crippen LogP contribution in [0.3, 0.4) is 0 Å². The fourth-order valence-electron chi connectivity index (χ4n) is 1.70. The minimum absolute atomic E-state index is 0.124. The second-order valence-corrected chi connectivity index (χ2v) is 4.30. The Kier molecular flexibility index (Phi) is 4.71. The number of allylic oxidation sites excluding steroid dienone is 1. The van der Waals surface area contributed by atoms with Crippen molar-refractivity contribution in [3.63, 3.8) is 0 Å². The number of aromatic hydroxyl groups is 1. The molecule has 0 unspecified atom stereocenters. The van der Waals surface area contributed by atoms with Crippen LogP contribution in [0.4, 0.5) is 0 Å². The number of rotatable bonds is 4. The zero-order valence-corrected chi connectivity index (χ0v) is 11.3. The van der Waals surface area contributed by atoms with Gasteiger partial charge in [0, 0.05) is 5.56 Å². The number of guanidine groups is 1. The lowest BCUT2D eigenvalue weighted by atomic mass is 10.1. The number of benzene rings is 2. The lowest BCUT2D eigenvalue weighted by Gasteiger charge is -2.01. The van der Waals surface area contributed by atoms with E-state index < -0.39 is 0 Å². The van der Waals surface area contributed by atoms with E-state index in [4.69, 9.17) is 11.5 Å². The number of phenols is 1. The second kappa shape index (κ2) is 6.91. The Hall–Kier alpha value is -3.08. The molecular formula is C16H16N4O. The predicted molar refractivity (Wildman–Crippen MR) is 85.9 cm³/mol. The molecule has 0 atom stereocenters. The van der Waals surface area contributed by atoms with Gasteiger partial charge in [-0.2, -0.15) is 0 Å². The van der Waals surface area contributed by atoms with Crippen molar-refractivity contribution in [2.24, 2.45) is 21.7 Å². The largest absolute Gasteiger partial charge is 0.508 e. The lowest BCUT2D eigenvalue weighted by Crippen LogP contribution is -2.22. The van der Waals surface area contributed by atoms with E-state index in [2.05, 4.69) is 10.2 Å². The average molecular weight is 280 g/mol. The molecule has 5 nitrogen and oxygen atoms in total. The number of hydrogen-bond acceptors (Lipinski definition) is 3. The van der Waals surface area contributed by atoms with Crippen LogP contribution in [0.2, 0.25) is 0 Å². The van der Waals surface area contributed by atoms with E-state index in [0.717, 1.165) is 5.56 Å². The molecule has 2 aromatic carbocycles. The molecule has 0 saturated heterocycles. The number of nitrogens with zero attached hydrogens (tertiary/aromatic N) is 2. The Morgan fingerprint density at radius 3 is 2.38 bits per heavy atom. The van der Waals surface area contributed by atoms with Crippen LogP contribution < -0.4 is 11.5 Å². The van der Waals surface area contributed by atoms with E-state index in [1.807, 2.05) is 42.5 Å². The minimum atomic E-state index is -0.124. The number of hydrogen-bond donors (Lipinski definition) is 3. The first-order valence-electron chi connectivity index (χ1n) is 6.34. The van der Waals surface area contributed by atoms with Crippen molar-refractivity contribution in [2.75, 3.05) is 0 Å². The Labute approximate surface area is 122 Å². The average Bonchev–Trinajstić information content (AvgIpc) is 2.48. The highest BCUT2D eigenvalue weighted by atomic mass is 16.3. The van der Waals surface area contributed by atoms with Crippen molar-refractivity contribution >= 4 is 17.7 Å². The predicted octanol–water partition coefficient (Wildman–Crippen LogP) is 2.08. The van der Waals surface area contributed by atoms with Crippen LogP contribution in [0.25, 0.3) is 6.08 Å². The fourth-order valence-corrected chi connectivity index (χ4v) is 1.70. The molecule has 0 aliphatic heterocycles. The molecule has 0 spiro atoms. The molecule has 0 aromatic heterocycles. The third-order valence-corrected chi connectivity index (χ3v) is 2.65. The van der Waals surface area contributed by atoms with Gasteiger partial charge >= 0.3 is 0 Å². The maximum Gasteiger partial charge on any atom is 0.211 e. The maximum atomic E-state index is 9.56. The molecule has 0 aliphatic rings. The van der Waals surface area contributed by atoms with Crippen molar-refractivity contribution in [2.45, 2.75) is 0 Å². The summed E-state index contributed by atoms with van der Waals surface area (Å²) in [7, 11) is 0. The molecule has 0 heterocycles. The smallest absolute Gasteiger partial charge is 0.211 e. The zero-order valence-electron chi connectivity index (χ0n) is 11.3. The molecule has 5 heteroatoms. The van der Waals surface area contributed by atoms with Gasteiger partial charge in [0.2, 0.25) is 5.96 Å². The van der Waals surface area contributed by atoms with Gasteiger partial charge in [-0.15, -0.1) is 10.2 Å². The van der Waals surface area contributed by atoms with Gasteiger partial charge in [-0.05, 0) is 23.8 Å². The van der Waals surface area contributed by atoms with Gasteiger partial charge in [0.25, 0.3) is 0 Å². The Bertz CT molecular complexity index is 686. The third-order valence-electron chi connectivity index (χ3n) is 2.65. The van der Waals surface area contributed by atoms with Crippen LogP contribution in [-0.4, -0.2) is 16.8 Å². The first kappa shape index (κ1) is 14.3. The normalized spacial score (nSPS) is 11.5. The molecule has 2 rings (SSSR count). The van der Waals surface area contributed by atoms with Gasteiger partial charge in [-0.3, -0.25) is 0 Å². The van der Waals surface area contributed by atoms with Crippen LogP contribution in [-0.2, 0) is 0 Å². The molecule has 0 bridgehead atoms. The summed E-state index contributed by atoms with van der Waals surface area (Å²) in [5.41, 5.74) is 12.9.